The molecular weight excluding hydrogens is 1550 g/mol. The number of phenolic OH excluding ortho intramolecular Hbond substituents is 1. The zero-order chi connectivity index (χ0) is 86.0. The molecule has 9 aromatic rings. The average molecular weight is 1650 g/mol. The van der Waals surface area contributed by atoms with Gasteiger partial charge in [-0.1, -0.05) is 161 Å². The lowest BCUT2D eigenvalue weighted by molar-refractivity contribution is -0.145. The number of ether oxygens (including phenoxy) is 2. The minimum atomic E-state index is -1.54. The van der Waals surface area contributed by atoms with Crippen molar-refractivity contribution in [2.24, 2.45) is 10.8 Å². The highest BCUT2D eigenvalue weighted by Gasteiger charge is 2.49. The van der Waals surface area contributed by atoms with Gasteiger partial charge in [0, 0.05) is 58.2 Å². The van der Waals surface area contributed by atoms with Crippen LogP contribution in [0.4, 0.5) is 8.78 Å². The van der Waals surface area contributed by atoms with Crippen LogP contribution in [0.2, 0.25) is 0 Å². The van der Waals surface area contributed by atoms with E-state index in [9.17, 15) is 43.0 Å². The molecule has 0 saturated carbocycles. The number of aromatic nitrogens is 6. The molecule has 0 spiro atoms. The molecule has 12 atom stereocenters. The van der Waals surface area contributed by atoms with Gasteiger partial charge in [-0.2, -0.15) is 0 Å². The van der Waals surface area contributed by atoms with Crippen molar-refractivity contribution in [1.82, 2.24) is 87.6 Å². The molecule has 0 radical (unpaired) electrons. The monoisotopic (exact) mass is 1650 g/mol. The summed E-state index contributed by atoms with van der Waals surface area (Å²) in [4.78, 5) is 150. The number of carbonyl (C=O) groups is 10. The van der Waals surface area contributed by atoms with E-state index in [-0.39, 0.29) is 70.4 Å². The quantitative estimate of drug-likeness (QED) is 0.0568. The lowest BCUT2D eigenvalue weighted by atomic mass is 9.85. The van der Waals surface area contributed by atoms with Crippen molar-refractivity contribution in [1.29, 1.82) is 0 Å². The number of halogens is 2. The third kappa shape index (κ3) is 21.2. The molecule has 11 N–H and O–H groups in total. The zero-order valence-electron chi connectivity index (χ0n) is 68.3. The summed E-state index contributed by atoms with van der Waals surface area (Å²) in [6.45, 7) is 12.8. The second-order valence-electron chi connectivity index (χ2n) is 33.1. The Labute approximate surface area is 691 Å². The summed E-state index contributed by atoms with van der Waals surface area (Å²) < 4.78 is 45.0. The number of hydrogen-bond donors (Lipinski definition) is 11. The SMILES string of the molecule is CN[C@@H](C)C(=O)N[C@H](C(=O)N1C[C@@H]2C[C@H]1C(=O)N[C@@H](Cc1ccc3ccccc3c1)C(=O)N[C@H](C(=O)O)Cc1ccc(cc1)OCc1cn(nn1)[C@H]1C[C@@H](C(=O)N[C@@H](Cc3ccc4ccccc4c3)C(=O)N[C@H](C(=O)NCc3cc(F)c(O)c(F)c3)Cc3ccc(cc3)OCc3cn2nn3)N(C(=O)[C@@H](NC(=O)[C@H](C)NC)C(C)(C)C)C1)C(C)(C)C. The molecule has 33 heteroatoms. The Hall–Kier alpha value is -12.8. The summed E-state index contributed by atoms with van der Waals surface area (Å²) in [5.41, 5.74) is 0.844. The van der Waals surface area contributed by atoms with Crippen LogP contribution >= 0.6 is 0 Å². The highest BCUT2D eigenvalue weighted by atomic mass is 19.1. The second-order valence-corrected chi connectivity index (χ2v) is 33.1. The van der Waals surface area contributed by atoms with Crippen LogP contribution in [0, 0.1) is 22.5 Å². The van der Waals surface area contributed by atoms with Gasteiger partial charge in [0.25, 0.3) is 0 Å². The predicted molar refractivity (Wildman–Crippen MR) is 438 cm³/mol. The number of rotatable bonds is 16. The lowest BCUT2D eigenvalue weighted by Gasteiger charge is -2.36. The fraction of sp³-hybridized carbons (Fsp3) is 0.402. The molecule has 632 valence electrons. The average Bonchev–Trinajstić information content (AvgIpc) is 1.63. The molecule has 6 aliphatic heterocycles. The molecule has 2 saturated heterocycles. The largest absolute Gasteiger partial charge is 0.503 e. The number of phenols is 1. The van der Waals surface area contributed by atoms with Gasteiger partial charge >= 0.3 is 5.97 Å². The Balaban J connectivity index is 0.897. The minimum absolute atomic E-state index is 0.0672. The predicted octanol–water partition coefficient (Wildman–Crippen LogP) is 5.50. The highest BCUT2D eigenvalue weighted by molar-refractivity contribution is 5.99. The Morgan fingerprint density at radius 1 is 0.525 bits per heavy atom. The maximum Gasteiger partial charge on any atom is 0.326 e. The number of amides is 9. The Morgan fingerprint density at radius 3 is 1.32 bits per heavy atom. The van der Waals surface area contributed by atoms with E-state index in [0.717, 1.165) is 33.7 Å². The molecule has 7 aromatic carbocycles. The molecule has 0 aliphatic carbocycles. The molecule has 8 heterocycles. The van der Waals surface area contributed by atoms with Gasteiger partial charge in [-0.15, -0.1) is 10.2 Å². The zero-order valence-corrected chi connectivity index (χ0v) is 68.3. The first kappa shape index (κ1) is 86.6. The van der Waals surface area contributed by atoms with E-state index in [0.29, 0.717) is 45.1 Å². The molecule has 9 amide bonds. The summed E-state index contributed by atoms with van der Waals surface area (Å²) >= 11 is 0. The normalized spacial score (nSPS) is 20.8. The van der Waals surface area contributed by atoms with Crippen molar-refractivity contribution in [2.45, 2.75) is 186 Å². The van der Waals surface area contributed by atoms with E-state index in [1.165, 1.54) is 19.2 Å². The van der Waals surface area contributed by atoms with E-state index in [2.05, 4.69) is 68.5 Å². The summed E-state index contributed by atoms with van der Waals surface area (Å²) in [6, 6.07) is 26.8. The number of nitrogens with one attached hydrogen (secondary N) is 9. The van der Waals surface area contributed by atoms with Crippen LogP contribution < -0.4 is 57.3 Å². The molecule has 2 aromatic heterocycles. The van der Waals surface area contributed by atoms with Crippen molar-refractivity contribution >= 4 is 80.7 Å². The summed E-state index contributed by atoms with van der Waals surface area (Å²) in [7, 11) is 3.19. The van der Waals surface area contributed by atoms with Gasteiger partial charge in [0.1, 0.15) is 84.4 Å². The smallest absolute Gasteiger partial charge is 0.326 e. The Morgan fingerprint density at radius 2 is 0.925 bits per heavy atom. The van der Waals surface area contributed by atoms with Crippen LogP contribution in [-0.2, 0) is 93.4 Å². The first-order valence-electron chi connectivity index (χ1n) is 39.8. The molecule has 120 heavy (non-hydrogen) atoms. The topological polar surface area (TPSA) is 406 Å². The molecule has 6 aliphatic rings. The number of nitrogens with zero attached hydrogens (tertiary/aromatic N) is 8. The van der Waals surface area contributed by atoms with Gasteiger partial charge in [0.15, 0.2) is 17.4 Å². The van der Waals surface area contributed by atoms with Crippen LogP contribution in [0.5, 0.6) is 17.2 Å². The van der Waals surface area contributed by atoms with E-state index in [4.69, 9.17) is 9.47 Å². The molecular formula is C87H101F2N17O14. The van der Waals surface area contributed by atoms with Crippen molar-refractivity contribution in [3.05, 3.63) is 209 Å². The number of carbonyl (C=O) groups excluding carboxylic acids is 9. The lowest BCUT2D eigenvalue weighted by Crippen LogP contribution is -2.61. The van der Waals surface area contributed by atoms with Crippen LogP contribution in [0.1, 0.15) is 120 Å². The Bertz CT molecular complexity index is 5260. The first-order valence-corrected chi connectivity index (χ1v) is 39.8. The number of fused-ring (bicyclic) bond motifs is 2. The van der Waals surface area contributed by atoms with Crippen LogP contribution in [0.3, 0.4) is 0 Å². The van der Waals surface area contributed by atoms with Gasteiger partial charge in [0.05, 0.1) is 36.6 Å². The number of benzene rings is 7. The van der Waals surface area contributed by atoms with Crippen LogP contribution in [-0.4, -0.2) is 197 Å². The van der Waals surface area contributed by atoms with Crippen molar-refractivity contribution in [2.75, 3.05) is 27.2 Å². The number of likely N-dealkylation sites (N-methyl/N-ethyl adjacent to an activating group) is 2. The fourth-order valence-corrected chi connectivity index (χ4v) is 14.9. The molecule has 31 nitrogen and oxygen atoms in total. The summed E-state index contributed by atoms with van der Waals surface area (Å²) in [6.07, 6.45) is 2.28. The van der Waals surface area contributed by atoms with E-state index in [1.807, 2.05) is 72.8 Å². The summed E-state index contributed by atoms with van der Waals surface area (Å²) in [5, 5.41) is 67.5. The van der Waals surface area contributed by atoms with E-state index < -0.39 is 166 Å². The van der Waals surface area contributed by atoms with E-state index in [1.54, 1.807) is 143 Å². The van der Waals surface area contributed by atoms with Gasteiger partial charge in [-0.05, 0) is 125 Å². The third-order valence-electron chi connectivity index (χ3n) is 22.1. The van der Waals surface area contributed by atoms with Gasteiger partial charge in [-0.25, -0.2) is 22.9 Å². The van der Waals surface area contributed by atoms with Crippen molar-refractivity contribution in [3.63, 3.8) is 0 Å². The number of carboxylic acid groups (broad SMARTS) is 1. The Kier molecular flexibility index (Phi) is 27.0. The minimum Gasteiger partial charge on any atom is -0.503 e. The van der Waals surface area contributed by atoms with Crippen LogP contribution in [0.15, 0.2) is 158 Å². The fourth-order valence-electron chi connectivity index (χ4n) is 14.9. The first-order chi connectivity index (χ1) is 57.2. The van der Waals surface area contributed by atoms with Gasteiger partial charge < -0.3 is 77.3 Å². The third-order valence-corrected chi connectivity index (χ3v) is 22.1. The van der Waals surface area contributed by atoms with Crippen molar-refractivity contribution < 1.29 is 76.4 Å². The van der Waals surface area contributed by atoms with Crippen LogP contribution in [0.25, 0.3) is 21.5 Å². The molecule has 12 bridgehead atoms. The number of hydrogen-bond acceptors (Lipinski definition) is 19. The standard InChI is InChI=1S/C87H101F2N17O14/c1-48(90-9)76(108)97-74(86(3,4)5)83(115)103-44-61-39-71(103)81(113)94-68(37-52-19-25-55-15-11-13-17-57(55)31-52)79(111)93-67(78(110)92-41-54-33-65(88)73(107)66(89)34-54)35-50-21-27-63(28-22-50)119-46-59-42-106(101-99-59)62-40-72(104(45-62)84(116)75(87(6,7)8)98-77(109)49(2)91-10)82(114)95-69(38-53-20-26-56-16-12-14-18-58(56)32-53)80(112)96-70(85(117)118)36-51-23-29-64(30-24-51)120-47-60-43-105(61)102-100-60/h11-34,42-43,48-49,61-62,67-72,74-75,90-91,107H,35-41,44-47H2,1-10H3,(H,92,110)(H,93,111)(H,94,113)(H,95,114)(H,96,112)(H,97,108)(H,98,109)(H,117,118)/t48-,49-,61-,62-,67-,68-,69-,70-,71-,72-,74+,75+/m0/s1. The number of aliphatic carboxylic acids is 1. The number of carboxylic acids is 1. The molecule has 2 fully saturated rings. The number of likely N-dealkylation sites (tertiary alicyclic amines) is 2. The molecule has 0 unspecified atom stereocenters. The van der Waals surface area contributed by atoms with Gasteiger partial charge in [0.2, 0.25) is 53.2 Å². The van der Waals surface area contributed by atoms with Gasteiger partial charge in [-0.3, -0.25) is 43.2 Å². The van der Waals surface area contributed by atoms with Crippen molar-refractivity contribution in [3.8, 4) is 17.2 Å². The second kappa shape index (κ2) is 37.4. The maximum atomic E-state index is 15.6. The summed E-state index contributed by atoms with van der Waals surface area (Å²) in [5.74, 6) is -10.8. The maximum absolute atomic E-state index is 15.6. The number of aromatic hydroxyl groups is 1. The van der Waals surface area contributed by atoms with E-state index >= 15 is 24.0 Å². The highest BCUT2D eigenvalue weighted by Crippen LogP contribution is 2.35. The molecule has 15 rings (SSSR count).